The molecule has 2 aromatic carbocycles. The van der Waals surface area contributed by atoms with Gasteiger partial charge in [-0.1, -0.05) is 17.7 Å². The largest absolute Gasteiger partial charge is 0.473 e. The predicted octanol–water partition coefficient (Wildman–Crippen LogP) is 4.07. The molecule has 0 unspecified atom stereocenters. The van der Waals surface area contributed by atoms with Gasteiger partial charge in [0.05, 0.1) is 0 Å². The van der Waals surface area contributed by atoms with Crippen LogP contribution in [0, 0.1) is 17.4 Å². The Morgan fingerprint density at radius 3 is 2.52 bits per heavy atom. The van der Waals surface area contributed by atoms with Gasteiger partial charge < -0.3 is 15.4 Å². The third-order valence-corrected chi connectivity index (χ3v) is 3.60. The number of carbonyl (C=O) groups is 1. The van der Waals surface area contributed by atoms with E-state index in [1.54, 1.807) is 0 Å². The Morgan fingerprint density at radius 2 is 1.86 bits per heavy atom. The lowest BCUT2D eigenvalue weighted by Crippen LogP contribution is -2.32. The SMILES string of the molecule is Cc1ccc(OCNC(=O)Nc2ccc(I)cc2C)cc1. The van der Waals surface area contributed by atoms with Crippen molar-refractivity contribution in [3.05, 3.63) is 57.2 Å². The summed E-state index contributed by atoms with van der Waals surface area (Å²) in [5.41, 5.74) is 2.99. The molecular weight excluding hydrogens is 379 g/mol. The minimum absolute atomic E-state index is 0.123. The van der Waals surface area contributed by atoms with Crippen LogP contribution in [0.4, 0.5) is 10.5 Å². The zero-order chi connectivity index (χ0) is 15.2. The average molecular weight is 396 g/mol. The van der Waals surface area contributed by atoms with Gasteiger partial charge in [-0.25, -0.2) is 4.79 Å². The van der Waals surface area contributed by atoms with Crippen LogP contribution in [-0.2, 0) is 0 Å². The van der Waals surface area contributed by atoms with E-state index in [4.69, 9.17) is 4.74 Å². The van der Waals surface area contributed by atoms with E-state index in [-0.39, 0.29) is 12.8 Å². The van der Waals surface area contributed by atoms with E-state index in [1.165, 1.54) is 5.56 Å². The highest BCUT2D eigenvalue weighted by Gasteiger charge is 2.04. The minimum Gasteiger partial charge on any atom is -0.473 e. The lowest BCUT2D eigenvalue weighted by Gasteiger charge is -2.11. The Bertz CT molecular complexity index is 627. The fourth-order valence-corrected chi connectivity index (χ4v) is 2.40. The molecule has 0 spiro atoms. The van der Waals surface area contributed by atoms with Gasteiger partial charge in [-0.05, 0) is 72.3 Å². The van der Waals surface area contributed by atoms with Gasteiger partial charge in [0.15, 0.2) is 6.73 Å². The van der Waals surface area contributed by atoms with Gasteiger partial charge in [-0.15, -0.1) is 0 Å². The quantitative estimate of drug-likeness (QED) is 0.605. The summed E-state index contributed by atoms with van der Waals surface area (Å²) in [6.45, 7) is 4.09. The lowest BCUT2D eigenvalue weighted by molar-refractivity contribution is 0.234. The monoisotopic (exact) mass is 396 g/mol. The Hall–Kier alpha value is -1.76. The van der Waals surface area contributed by atoms with Crippen LogP contribution >= 0.6 is 22.6 Å². The Balaban J connectivity index is 1.81. The van der Waals surface area contributed by atoms with Crippen LogP contribution in [0.1, 0.15) is 11.1 Å². The zero-order valence-electron chi connectivity index (χ0n) is 11.9. The molecule has 110 valence electrons. The van der Waals surface area contributed by atoms with Crippen molar-refractivity contribution in [3.8, 4) is 5.75 Å². The van der Waals surface area contributed by atoms with E-state index >= 15 is 0 Å². The summed E-state index contributed by atoms with van der Waals surface area (Å²) in [4.78, 5) is 11.8. The van der Waals surface area contributed by atoms with Crippen molar-refractivity contribution in [1.82, 2.24) is 5.32 Å². The average Bonchev–Trinajstić information content (AvgIpc) is 2.44. The summed E-state index contributed by atoms with van der Waals surface area (Å²) in [7, 11) is 0. The molecule has 0 bridgehead atoms. The topological polar surface area (TPSA) is 50.4 Å². The van der Waals surface area contributed by atoms with Crippen molar-refractivity contribution in [2.45, 2.75) is 13.8 Å². The smallest absolute Gasteiger partial charge is 0.321 e. The highest BCUT2D eigenvalue weighted by molar-refractivity contribution is 14.1. The molecule has 0 saturated carbocycles. The number of carbonyl (C=O) groups excluding carboxylic acids is 1. The Labute approximate surface area is 138 Å². The number of hydrogen-bond donors (Lipinski definition) is 2. The van der Waals surface area contributed by atoms with Gasteiger partial charge >= 0.3 is 6.03 Å². The van der Waals surface area contributed by atoms with Crippen LogP contribution in [-0.4, -0.2) is 12.8 Å². The standard InChI is InChI=1S/C16H17IN2O2/c1-11-3-6-14(7-4-11)21-10-18-16(20)19-15-8-5-13(17)9-12(15)2/h3-9H,10H2,1-2H3,(H2,18,19,20). The molecule has 0 aliphatic heterocycles. The number of hydrogen-bond acceptors (Lipinski definition) is 2. The summed E-state index contributed by atoms with van der Waals surface area (Å²) >= 11 is 2.24. The van der Waals surface area contributed by atoms with Gasteiger partial charge in [-0.2, -0.15) is 0 Å². The van der Waals surface area contributed by atoms with Crippen LogP contribution in [0.3, 0.4) is 0 Å². The minimum atomic E-state index is -0.286. The summed E-state index contributed by atoms with van der Waals surface area (Å²) in [5, 5.41) is 5.46. The molecule has 0 aliphatic rings. The highest BCUT2D eigenvalue weighted by Crippen LogP contribution is 2.17. The van der Waals surface area contributed by atoms with E-state index in [2.05, 4.69) is 33.2 Å². The summed E-state index contributed by atoms with van der Waals surface area (Å²) < 4.78 is 6.58. The molecule has 0 heterocycles. The number of rotatable bonds is 4. The second kappa shape index (κ2) is 7.31. The van der Waals surface area contributed by atoms with Crippen molar-refractivity contribution in [1.29, 1.82) is 0 Å². The molecule has 0 aromatic heterocycles. The van der Waals surface area contributed by atoms with Crippen LogP contribution < -0.4 is 15.4 Å². The normalized spacial score (nSPS) is 10.0. The van der Waals surface area contributed by atoms with Gasteiger partial charge in [0.2, 0.25) is 0 Å². The number of nitrogens with one attached hydrogen (secondary N) is 2. The maximum Gasteiger partial charge on any atom is 0.321 e. The second-order valence-electron chi connectivity index (χ2n) is 4.69. The van der Waals surface area contributed by atoms with E-state index in [1.807, 2.05) is 56.3 Å². The molecule has 0 atom stereocenters. The van der Waals surface area contributed by atoms with E-state index in [0.29, 0.717) is 0 Å². The molecule has 0 aliphatic carbocycles. The van der Waals surface area contributed by atoms with Crippen LogP contribution in [0.25, 0.3) is 0 Å². The summed E-state index contributed by atoms with van der Waals surface area (Å²) in [5.74, 6) is 0.728. The molecule has 0 radical (unpaired) electrons. The number of halogens is 1. The molecule has 21 heavy (non-hydrogen) atoms. The van der Waals surface area contributed by atoms with Gasteiger partial charge in [-0.3, -0.25) is 0 Å². The fourth-order valence-electron chi connectivity index (χ4n) is 1.75. The second-order valence-corrected chi connectivity index (χ2v) is 5.94. The van der Waals surface area contributed by atoms with Crippen molar-refractivity contribution in [2.75, 3.05) is 12.0 Å². The van der Waals surface area contributed by atoms with Crippen molar-refractivity contribution in [2.24, 2.45) is 0 Å². The van der Waals surface area contributed by atoms with Gasteiger partial charge in [0, 0.05) is 9.26 Å². The molecule has 2 amide bonds. The maximum absolute atomic E-state index is 11.8. The Kier molecular flexibility index (Phi) is 5.44. The number of ether oxygens (including phenoxy) is 1. The van der Waals surface area contributed by atoms with Crippen molar-refractivity contribution < 1.29 is 9.53 Å². The molecular formula is C16H17IN2O2. The number of benzene rings is 2. The lowest BCUT2D eigenvalue weighted by atomic mass is 10.2. The molecule has 2 rings (SSSR count). The first-order valence-corrected chi connectivity index (χ1v) is 7.63. The first-order chi connectivity index (χ1) is 10.0. The predicted molar refractivity (Wildman–Crippen MR) is 92.7 cm³/mol. The number of aryl methyl sites for hydroxylation is 2. The van der Waals surface area contributed by atoms with E-state index < -0.39 is 0 Å². The van der Waals surface area contributed by atoms with Gasteiger partial charge in [0.25, 0.3) is 0 Å². The molecule has 2 N–H and O–H groups in total. The first-order valence-electron chi connectivity index (χ1n) is 6.55. The third-order valence-electron chi connectivity index (χ3n) is 2.93. The Morgan fingerprint density at radius 1 is 1.14 bits per heavy atom. The fraction of sp³-hybridized carbons (Fsp3) is 0.188. The third kappa shape index (κ3) is 4.93. The van der Waals surface area contributed by atoms with Crippen molar-refractivity contribution in [3.63, 3.8) is 0 Å². The highest BCUT2D eigenvalue weighted by atomic mass is 127. The number of anilines is 1. The molecule has 0 fully saturated rings. The number of amides is 2. The van der Waals surface area contributed by atoms with Crippen LogP contribution in [0.15, 0.2) is 42.5 Å². The van der Waals surface area contributed by atoms with E-state index in [0.717, 1.165) is 20.6 Å². The zero-order valence-corrected chi connectivity index (χ0v) is 14.1. The molecule has 4 nitrogen and oxygen atoms in total. The first kappa shape index (κ1) is 15.6. The molecule has 0 saturated heterocycles. The van der Waals surface area contributed by atoms with Crippen LogP contribution in [0.5, 0.6) is 5.75 Å². The maximum atomic E-state index is 11.8. The van der Waals surface area contributed by atoms with E-state index in [9.17, 15) is 4.79 Å². The van der Waals surface area contributed by atoms with Gasteiger partial charge in [0.1, 0.15) is 5.75 Å². The van der Waals surface area contributed by atoms with Crippen LogP contribution in [0.2, 0.25) is 0 Å². The summed E-state index contributed by atoms with van der Waals surface area (Å²) in [6.07, 6.45) is 0. The van der Waals surface area contributed by atoms with Crippen molar-refractivity contribution >= 4 is 34.3 Å². The molecule has 2 aromatic rings. The molecule has 5 heteroatoms. The summed E-state index contributed by atoms with van der Waals surface area (Å²) in [6, 6.07) is 13.2. The number of urea groups is 1.